The third-order valence-corrected chi connectivity index (χ3v) is 1.23. The summed E-state index contributed by atoms with van der Waals surface area (Å²) in [6.45, 7) is 7.21. The van der Waals surface area contributed by atoms with Crippen LogP contribution < -0.4 is 0 Å². The van der Waals surface area contributed by atoms with Crippen molar-refractivity contribution in [1.82, 2.24) is 0 Å². The van der Waals surface area contributed by atoms with Gasteiger partial charge in [0.15, 0.2) is 0 Å². The SMILES string of the molecule is C=CB1OB(C)OB(C)O1. The molecule has 0 radical (unpaired) electrons. The van der Waals surface area contributed by atoms with Crippen LogP contribution in [0.15, 0.2) is 12.6 Å². The molecule has 0 atom stereocenters. The minimum atomic E-state index is -0.321. The fraction of sp³-hybridized carbons (Fsp3) is 0.500. The van der Waals surface area contributed by atoms with E-state index < -0.39 is 0 Å². The monoisotopic (exact) mass is 138 g/mol. The van der Waals surface area contributed by atoms with E-state index in [0.29, 0.717) is 0 Å². The molecule has 0 aliphatic carbocycles. The molecule has 52 valence electrons. The predicted molar refractivity (Wildman–Crippen MR) is 42.4 cm³/mol. The van der Waals surface area contributed by atoms with Gasteiger partial charge in [0.05, 0.1) is 0 Å². The molecular weight excluding hydrogens is 128 g/mol. The number of hydrogen-bond acceptors (Lipinski definition) is 3. The van der Waals surface area contributed by atoms with Crippen LogP contribution in [-0.2, 0) is 13.7 Å². The Balaban J connectivity index is 2.42. The zero-order valence-electron chi connectivity index (χ0n) is 6.24. The Labute approximate surface area is 62.2 Å². The molecule has 10 heavy (non-hydrogen) atoms. The van der Waals surface area contributed by atoms with E-state index in [2.05, 4.69) is 6.58 Å². The molecule has 3 nitrogen and oxygen atoms in total. The van der Waals surface area contributed by atoms with Crippen LogP contribution in [0.4, 0.5) is 0 Å². The van der Waals surface area contributed by atoms with Crippen LogP contribution in [-0.4, -0.2) is 21.4 Å². The van der Waals surface area contributed by atoms with E-state index >= 15 is 0 Å². The van der Waals surface area contributed by atoms with Gasteiger partial charge < -0.3 is 13.7 Å². The first-order chi connectivity index (χ1) is 4.72. The van der Waals surface area contributed by atoms with Gasteiger partial charge >= 0.3 is 21.4 Å². The van der Waals surface area contributed by atoms with Crippen LogP contribution in [0.2, 0.25) is 13.6 Å². The predicted octanol–water partition coefficient (Wildman–Crippen LogP) is 0.499. The molecule has 0 bridgehead atoms. The van der Waals surface area contributed by atoms with Gasteiger partial charge in [0.2, 0.25) is 0 Å². The molecule has 0 amide bonds. The summed E-state index contributed by atoms with van der Waals surface area (Å²) in [5.41, 5.74) is 0. The molecule has 1 aliphatic heterocycles. The van der Waals surface area contributed by atoms with Gasteiger partial charge in [-0.25, -0.2) is 0 Å². The summed E-state index contributed by atoms with van der Waals surface area (Å²) in [6, 6.07) is 0. The van der Waals surface area contributed by atoms with Gasteiger partial charge in [-0.2, -0.15) is 0 Å². The van der Waals surface area contributed by atoms with Crippen molar-refractivity contribution >= 4 is 21.4 Å². The highest BCUT2D eigenvalue weighted by atomic mass is 16.7. The van der Waals surface area contributed by atoms with Gasteiger partial charge in [0, 0.05) is 0 Å². The molecule has 1 saturated heterocycles. The zero-order chi connectivity index (χ0) is 7.56. The van der Waals surface area contributed by atoms with Crippen molar-refractivity contribution < 1.29 is 13.7 Å². The van der Waals surface area contributed by atoms with Crippen LogP contribution in [0, 0.1) is 0 Å². The molecule has 1 heterocycles. The van der Waals surface area contributed by atoms with Crippen molar-refractivity contribution in [3.8, 4) is 0 Å². The molecule has 1 fully saturated rings. The van der Waals surface area contributed by atoms with Crippen LogP contribution in [0.1, 0.15) is 0 Å². The largest absolute Gasteiger partial charge is 0.458 e. The van der Waals surface area contributed by atoms with Crippen molar-refractivity contribution in [1.29, 1.82) is 0 Å². The average molecular weight is 138 g/mol. The van der Waals surface area contributed by atoms with E-state index in [1.54, 1.807) is 5.98 Å². The molecule has 6 heteroatoms. The molecule has 0 spiro atoms. The standard InChI is InChI=1S/C4H9B3O3/c1-4-7-9-5(2)8-6(3)10-7/h4H,1H2,2-3H3. The van der Waals surface area contributed by atoms with E-state index in [1.165, 1.54) is 0 Å². The maximum Gasteiger partial charge on any atom is 0.458 e. The fourth-order valence-corrected chi connectivity index (χ4v) is 0.855. The summed E-state index contributed by atoms with van der Waals surface area (Å²) < 4.78 is 15.4. The maximum atomic E-state index is 5.14. The topological polar surface area (TPSA) is 27.7 Å². The highest BCUT2D eigenvalue weighted by Gasteiger charge is 2.32. The first-order valence-corrected chi connectivity index (χ1v) is 3.31. The van der Waals surface area contributed by atoms with Gasteiger partial charge in [-0.3, -0.25) is 0 Å². The van der Waals surface area contributed by atoms with Crippen molar-refractivity contribution in [3.63, 3.8) is 0 Å². The third kappa shape index (κ3) is 1.90. The lowest BCUT2D eigenvalue weighted by Gasteiger charge is -2.25. The van der Waals surface area contributed by atoms with Crippen molar-refractivity contribution in [3.05, 3.63) is 12.6 Å². The van der Waals surface area contributed by atoms with E-state index in [9.17, 15) is 0 Å². The van der Waals surface area contributed by atoms with Crippen LogP contribution in [0.3, 0.4) is 0 Å². The van der Waals surface area contributed by atoms with Crippen molar-refractivity contribution in [2.75, 3.05) is 0 Å². The quantitative estimate of drug-likeness (QED) is 0.493. The van der Waals surface area contributed by atoms with Crippen LogP contribution >= 0.6 is 0 Å². The summed E-state index contributed by atoms with van der Waals surface area (Å²) in [7, 11) is -0.725. The van der Waals surface area contributed by atoms with Crippen molar-refractivity contribution in [2.45, 2.75) is 13.6 Å². The van der Waals surface area contributed by atoms with Gasteiger partial charge in [-0.05, 0) is 13.6 Å². The van der Waals surface area contributed by atoms with E-state index in [-0.39, 0.29) is 21.4 Å². The van der Waals surface area contributed by atoms with Gasteiger partial charge in [0.25, 0.3) is 0 Å². The Morgan fingerprint density at radius 3 is 2.00 bits per heavy atom. The molecule has 0 unspecified atom stereocenters. The second-order valence-corrected chi connectivity index (χ2v) is 2.15. The minimum Gasteiger partial charge on any atom is -0.453 e. The lowest BCUT2D eigenvalue weighted by Crippen LogP contribution is -2.45. The lowest BCUT2D eigenvalue weighted by atomic mass is 9.72. The maximum absolute atomic E-state index is 5.14. The van der Waals surface area contributed by atoms with Crippen LogP contribution in [0.25, 0.3) is 0 Å². The Hall–Kier alpha value is -0.185. The first-order valence-electron chi connectivity index (χ1n) is 3.31. The smallest absolute Gasteiger partial charge is 0.453 e. The molecule has 1 rings (SSSR count). The average Bonchev–Trinajstić information content (AvgIpc) is 1.85. The fourth-order valence-electron chi connectivity index (χ4n) is 0.855. The molecule has 0 aromatic heterocycles. The molecule has 1 aliphatic rings. The van der Waals surface area contributed by atoms with Gasteiger partial charge in [-0.1, -0.05) is 5.98 Å². The molecule has 0 aromatic carbocycles. The van der Waals surface area contributed by atoms with Gasteiger partial charge in [0.1, 0.15) is 0 Å². The van der Waals surface area contributed by atoms with E-state index in [0.717, 1.165) is 0 Å². The van der Waals surface area contributed by atoms with Crippen LogP contribution in [0.5, 0.6) is 0 Å². The summed E-state index contributed by atoms with van der Waals surface area (Å²) in [4.78, 5) is 0. The summed E-state index contributed by atoms with van der Waals surface area (Å²) >= 11 is 0. The molecule has 0 aromatic rings. The number of rotatable bonds is 1. The second kappa shape index (κ2) is 3.28. The Bertz CT molecular complexity index is 121. The first kappa shape index (κ1) is 7.92. The zero-order valence-corrected chi connectivity index (χ0v) is 6.24. The Kier molecular flexibility index (Phi) is 2.60. The summed E-state index contributed by atoms with van der Waals surface area (Å²) in [5, 5.41) is 0. The van der Waals surface area contributed by atoms with E-state index in [1.807, 2.05) is 13.6 Å². The second-order valence-electron chi connectivity index (χ2n) is 2.15. The highest BCUT2D eigenvalue weighted by Crippen LogP contribution is 2.07. The summed E-state index contributed by atoms with van der Waals surface area (Å²) in [6.07, 6.45) is 0. The highest BCUT2D eigenvalue weighted by molar-refractivity contribution is 6.74. The van der Waals surface area contributed by atoms with Gasteiger partial charge in [-0.15, -0.1) is 6.58 Å². The molecule has 0 N–H and O–H groups in total. The Morgan fingerprint density at radius 1 is 1.10 bits per heavy atom. The minimum absolute atomic E-state index is 0.202. The molecular formula is C4H9B3O3. The number of hydrogen-bond donors (Lipinski definition) is 0. The third-order valence-electron chi connectivity index (χ3n) is 1.23. The lowest BCUT2D eigenvalue weighted by molar-refractivity contribution is 0.298. The molecule has 0 saturated carbocycles. The Morgan fingerprint density at radius 2 is 1.60 bits per heavy atom. The van der Waals surface area contributed by atoms with Crippen molar-refractivity contribution in [2.24, 2.45) is 0 Å². The normalized spacial score (nSPS) is 19.6. The van der Waals surface area contributed by atoms with E-state index in [4.69, 9.17) is 13.7 Å². The summed E-state index contributed by atoms with van der Waals surface area (Å²) in [5.74, 6) is 1.61.